The van der Waals surface area contributed by atoms with E-state index < -0.39 is 0 Å². The van der Waals surface area contributed by atoms with E-state index >= 15 is 0 Å². The van der Waals surface area contributed by atoms with E-state index in [1.54, 1.807) is 0 Å². The molecule has 1 heteroatoms. The molecule has 0 aliphatic heterocycles. The molecule has 22 heavy (non-hydrogen) atoms. The Kier molecular flexibility index (Phi) is 6.21. The molecule has 0 aliphatic carbocycles. The Morgan fingerprint density at radius 3 is 2.05 bits per heavy atom. The van der Waals surface area contributed by atoms with Crippen LogP contribution in [-0.2, 0) is 6.54 Å². The molecule has 0 radical (unpaired) electrons. The summed E-state index contributed by atoms with van der Waals surface area (Å²) in [5.41, 5.74) is 4.37. The minimum Gasteiger partial charge on any atom is -0.336 e. The second-order valence-electron chi connectivity index (χ2n) is 6.78. The van der Waals surface area contributed by atoms with Crippen LogP contribution in [0.5, 0.6) is 0 Å². The first-order valence-corrected chi connectivity index (χ1v) is 8.53. The van der Waals surface area contributed by atoms with E-state index in [9.17, 15) is 0 Å². The van der Waals surface area contributed by atoms with Gasteiger partial charge in [-0.25, -0.2) is 0 Å². The summed E-state index contributed by atoms with van der Waals surface area (Å²) < 4.78 is 0. The minimum atomic E-state index is 0.608. The van der Waals surface area contributed by atoms with Crippen LogP contribution < -0.4 is 4.90 Å². The van der Waals surface area contributed by atoms with Crippen LogP contribution in [0, 0.1) is 0 Å². The van der Waals surface area contributed by atoms with E-state index in [2.05, 4.69) is 82.5 Å². The predicted molar refractivity (Wildman–Crippen MR) is 95.5 cm³/mol. The molecule has 0 spiro atoms. The smallest absolute Gasteiger partial charge is 0.102 e. The van der Waals surface area contributed by atoms with Crippen LogP contribution in [0.15, 0.2) is 54.6 Å². The van der Waals surface area contributed by atoms with E-state index in [0.29, 0.717) is 11.8 Å². The molecule has 1 nitrogen and oxygen atoms in total. The molecule has 118 valence electrons. The van der Waals surface area contributed by atoms with Crippen molar-refractivity contribution < 1.29 is 4.90 Å². The molecule has 0 saturated carbocycles. The van der Waals surface area contributed by atoms with Gasteiger partial charge in [0, 0.05) is 5.56 Å². The van der Waals surface area contributed by atoms with Crippen molar-refractivity contribution in [1.29, 1.82) is 0 Å². The summed E-state index contributed by atoms with van der Waals surface area (Å²) >= 11 is 0. The minimum absolute atomic E-state index is 0.608. The predicted octanol–water partition coefficient (Wildman–Crippen LogP) is 4.02. The summed E-state index contributed by atoms with van der Waals surface area (Å²) in [7, 11) is 4.40. The van der Waals surface area contributed by atoms with Gasteiger partial charge >= 0.3 is 0 Å². The molecule has 0 saturated heterocycles. The van der Waals surface area contributed by atoms with Gasteiger partial charge in [0.05, 0.1) is 14.1 Å². The zero-order valence-corrected chi connectivity index (χ0v) is 14.5. The Bertz CT molecular complexity index is 542. The van der Waals surface area contributed by atoms with Crippen molar-refractivity contribution in [3.05, 3.63) is 71.3 Å². The van der Waals surface area contributed by atoms with E-state index in [0.717, 1.165) is 6.54 Å². The van der Waals surface area contributed by atoms with Crippen LogP contribution in [0.1, 0.15) is 55.2 Å². The monoisotopic (exact) mass is 296 g/mol. The summed E-state index contributed by atoms with van der Waals surface area (Å²) in [6, 6.07) is 20.2. The first-order chi connectivity index (χ1) is 10.6. The number of quaternary nitrogens is 1. The largest absolute Gasteiger partial charge is 0.336 e. The molecule has 2 rings (SSSR count). The lowest BCUT2D eigenvalue weighted by Crippen LogP contribution is -3.04. The molecule has 2 aromatic carbocycles. The third kappa shape index (κ3) is 4.71. The fraction of sp³-hybridized carbons (Fsp3) is 0.429. The van der Waals surface area contributed by atoms with Gasteiger partial charge in [0.15, 0.2) is 0 Å². The van der Waals surface area contributed by atoms with Crippen molar-refractivity contribution >= 4 is 0 Å². The molecule has 0 fully saturated rings. The third-order valence-corrected chi connectivity index (χ3v) is 4.51. The second kappa shape index (κ2) is 8.14. The molecule has 1 N–H and O–H groups in total. The zero-order valence-electron chi connectivity index (χ0n) is 14.5. The van der Waals surface area contributed by atoms with Gasteiger partial charge in [-0.1, -0.05) is 68.4 Å². The number of benzene rings is 2. The van der Waals surface area contributed by atoms with Gasteiger partial charge in [-0.15, -0.1) is 0 Å². The van der Waals surface area contributed by atoms with Crippen molar-refractivity contribution in [2.24, 2.45) is 0 Å². The number of nitrogens with one attached hydrogen (secondary N) is 1. The topological polar surface area (TPSA) is 4.44 Å². The molecule has 0 heterocycles. The Labute approximate surface area is 136 Å². The van der Waals surface area contributed by atoms with E-state index in [1.807, 2.05) is 0 Å². The molecular weight excluding hydrogens is 266 g/mol. The molecule has 0 amide bonds. The van der Waals surface area contributed by atoms with Gasteiger partial charge in [0.2, 0.25) is 0 Å². The molecule has 2 unspecified atom stereocenters. The lowest BCUT2D eigenvalue weighted by molar-refractivity contribution is -0.872. The van der Waals surface area contributed by atoms with Gasteiger partial charge in [-0.3, -0.25) is 0 Å². The van der Waals surface area contributed by atoms with Crippen molar-refractivity contribution in [3.8, 4) is 0 Å². The summed E-state index contributed by atoms with van der Waals surface area (Å²) in [5.74, 6) is 1.26. The van der Waals surface area contributed by atoms with Crippen LogP contribution >= 0.6 is 0 Å². The normalized spacial score (nSPS) is 14.0. The first kappa shape index (κ1) is 16.8. The van der Waals surface area contributed by atoms with Gasteiger partial charge < -0.3 is 4.90 Å². The van der Waals surface area contributed by atoms with Gasteiger partial charge in [0.1, 0.15) is 6.54 Å². The van der Waals surface area contributed by atoms with Crippen molar-refractivity contribution in [1.82, 2.24) is 0 Å². The maximum Gasteiger partial charge on any atom is 0.102 e. The van der Waals surface area contributed by atoms with E-state index in [-0.39, 0.29) is 0 Å². The quantitative estimate of drug-likeness (QED) is 0.787. The number of hydrogen-bond acceptors (Lipinski definition) is 0. The average Bonchev–Trinajstić information content (AvgIpc) is 2.53. The Hall–Kier alpha value is -1.60. The molecule has 2 atom stereocenters. The number of rotatable bonds is 7. The Morgan fingerprint density at radius 2 is 1.50 bits per heavy atom. The van der Waals surface area contributed by atoms with Crippen molar-refractivity contribution in [2.75, 3.05) is 14.1 Å². The standard InChI is InChI=1S/C21H29N/c1-5-19(15-17(2)20-9-7-6-8-10-20)21-13-11-18(12-14-21)16-22(3)4/h6-14,17,19H,5,15-16H2,1-4H3/p+1. The molecular formula is C21H30N+. The van der Waals surface area contributed by atoms with E-state index in [1.165, 1.54) is 34.4 Å². The van der Waals surface area contributed by atoms with Gasteiger partial charge in [-0.05, 0) is 35.8 Å². The van der Waals surface area contributed by atoms with Crippen LogP contribution in [-0.4, -0.2) is 14.1 Å². The highest BCUT2D eigenvalue weighted by Gasteiger charge is 2.15. The third-order valence-electron chi connectivity index (χ3n) is 4.51. The molecule has 2 aromatic rings. The zero-order chi connectivity index (χ0) is 15.9. The highest BCUT2D eigenvalue weighted by atomic mass is 15.0. The molecule has 0 bridgehead atoms. The summed E-state index contributed by atoms with van der Waals surface area (Å²) in [6.45, 7) is 5.75. The fourth-order valence-electron chi connectivity index (χ4n) is 3.20. The lowest BCUT2D eigenvalue weighted by Gasteiger charge is -2.21. The van der Waals surface area contributed by atoms with Crippen LogP contribution in [0.25, 0.3) is 0 Å². The van der Waals surface area contributed by atoms with Gasteiger partial charge in [0.25, 0.3) is 0 Å². The summed E-state index contributed by atoms with van der Waals surface area (Å²) in [4.78, 5) is 1.47. The lowest BCUT2D eigenvalue weighted by atomic mass is 9.84. The van der Waals surface area contributed by atoms with Crippen LogP contribution in [0.2, 0.25) is 0 Å². The maximum atomic E-state index is 2.35. The maximum absolute atomic E-state index is 2.35. The molecule has 0 aliphatic rings. The highest BCUT2D eigenvalue weighted by molar-refractivity contribution is 5.26. The van der Waals surface area contributed by atoms with Crippen LogP contribution in [0.4, 0.5) is 0 Å². The summed E-state index contributed by atoms with van der Waals surface area (Å²) in [5, 5.41) is 0. The van der Waals surface area contributed by atoms with Crippen molar-refractivity contribution in [2.45, 2.75) is 45.1 Å². The SMILES string of the molecule is CCC(CC(C)c1ccccc1)c1ccc(C[NH+](C)C)cc1. The highest BCUT2D eigenvalue weighted by Crippen LogP contribution is 2.31. The van der Waals surface area contributed by atoms with Crippen molar-refractivity contribution in [3.63, 3.8) is 0 Å². The molecule has 0 aromatic heterocycles. The van der Waals surface area contributed by atoms with Gasteiger partial charge in [-0.2, -0.15) is 0 Å². The number of hydrogen-bond donors (Lipinski definition) is 1. The first-order valence-electron chi connectivity index (χ1n) is 8.53. The summed E-state index contributed by atoms with van der Waals surface area (Å²) in [6.07, 6.45) is 2.42. The fourth-order valence-corrected chi connectivity index (χ4v) is 3.20. The van der Waals surface area contributed by atoms with Crippen LogP contribution in [0.3, 0.4) is 0 Å². The Balaban J connectivity index is 2.05. The Morgan fingerprint density at radius 1 is 0.864 bits per heavy atom. The average molecular weight is 296 g/mol. The van der Waals surface area contributed by atoms with E-state index in [4.69, 9.17) is 0 Å². The second-order valence-corrected chi connectivity index (χ2v) is 6.78.